The van der Waals surface area contributed by atoms with E-state index in [4.69, 9.17) is 18.9 Å². The summed E-state index contributed by atoms with van der Waals surface area (Å²) in [7, 11) is 1.73. The first-order valence-electron chi connectivity index (χ1n) is 18.2. The molecule has 0 atom stereocenters. The standard InChI is InChI=1S/C39H50N4O6/c1-4-35-41-32(24-48-35)29-11-18-40-34(20-29)43(36(45)28-5-8-31(9-6-28)49-37(46)42-21-27(22-42)23-44)25-38-12-15-39(16-13-38,17-14-38)30-7-10-33(47-3)26(2)19-30/h7,10-11,18-20,24,27-28,31,44H,4-6,8-9,12-17,21-23,25H2,1-3H3. The van der Waals surface area contributed by atoms with Gasteiger partial charge in [0.2, 0.25) is 5.91 Å². The van der Waals surface area contributed by atoms with Crippen molar-refractivity contribution in [1.82, 2.24) is 14.9 Å². The number of benzene rings is 1. The van der Waals surface area contributed by atoms with Gasteiger partial charge in [-0.05, 0) is 111 Å². The molecule has 4 aliphatic carbocycles. The van der Waals surface area contributed by atoms with E-state index in [0.717, 1.165) is 55.5 Å². The van der Waals surface area contributed by atoms with Crippen LogP contribution in [0.1, 0.15) is 88.1 Å². The van der Waals surface area contributed by atoms with Crippen molar-refractivity contribution in [3.05, 3.63) is 59.8 Å². The first kappa shape index (κ1) is 33.6. The van der Waals surface area contributed by atoms with Gasteiger partial charge >= 0.3 is 6.09 Å². The molecule has 0 spiro atoms. The zero-order chi connectivity index (χ0) is 34.2. The Labute approximate surface area is 289 Å². The van der Waals surface area contributed by atoms with Gasteiger partial charge in [0.15, 0.2) is 5.89 Å². The quantitative estimate of drug-likeness (QED) is 0.249. The molecule has 0 radical (unpaired) electrons. The van der Waals surface area contributed by atoms with E-state index in [1.807, 2.05) is 24.0 Å². The number of rotatable bonds is 10. The molecule has 1 aromatic carbocycles. The highest BCUT2D eigenvalue weighted by Crippen LogP contribution is 2.58. The van der Waals surface area contributed by atoms with Crippen LogP contribution in [0.3, 0.4) is 0 Å². The van der Waals surface area contributed by atoms with Gasteiger partial charge in [-0.3, -0.25) is 9.69 Å². The number of aryl methyl sites for hydroxylation is 2. The Morgan fingerprint density at radius 2 is 1.78 bits per heavy atom. The van der Waals surface area contributed by atoms with Crippen molar-refractivity contribution in [2.45, 2.75) is 96.0 Å². The average Bonchev–Trinajstić information content (AvgIpc) is 3.61. The van der Waals surface area contributed by atoms with Crippen LogP contribution in [0.4, 0.5) is 10.6 Å². The molecule has 3 aromatic rings. The average molecular weight is 671 g/mol. The summed E-state index contributed by atoms with van der Waals surface area (Å²) in [5.41, 5.74) is 4.45. The molecule has 3 heterocycles. The lowest BCUT2D eigenvalue weighted by molar-refractivity contribution is -0.124. The number of aromatic nitrogens is 2. The van der Waals surface area contributed by atoms with E-state index < -0.39 is 0 Å². The molecule has 262 valence electrons. The van der Waals surface area contributed by atoms with Crippen LogP contribution in [0.5, 0.6) is 5.75 Å². The molecular formula is C39H50N4O6. The smallest absolute Gasteiger partial charge is 0.410 e. The van der Waals surface area contributed by atoms with Gasteiger partial charge in [-0.1, -0.05) is 19.1 Å². The molecule has 2 bridgehead atoms. The Morgan fingerprint density at radius 1 is 1.04 bits per heavy atom. The topological polar surface area (TPSA) is 118 Å². The Kier molecular flexibility index (Phi) is 9.43. The van der Waals surface area contributed by atoms with E-state index >= 15 is 0 Å². The van der Waals surface area contributed by atoms with Gasteiger partial charge in [-0.2, -0.15) is 0 Å². The maximum absolute atomic E-state index is 14.6. The van der Waals surface area contributed by atoms with Crippen LogP contribution in [-0.2, 0) is 21.4 Å². The first-order chi connectivity index (χ1) is 23.7. The number of methoxy groups -OCH3 is 1. The van der Waals surface area contributed by atoms with Crippen LogP contribution in [0.2, 0.25) is 0 Å². The molecule has 5 fully saturated rings. The highest BCUT2D eigenvalue weighted by molar-refractivity contribution is 5.95. The van der Waals surface area contributed by atoms with E-state index in [9.17, 15) is 14.7 Å². The number of hydrogen-bond donors (Lipinski definition) is 1. The van der Waals surface area contributed by atoms with Gasteiger partial charge in [-0.25, -0.2) is 14.8 Å². The highest BCUT2D eigenvalue weighted by atomic mass is 16.6. The van der Waals surface area contributed by atoms with E-state index in [1.165, 1.54) is 11.1 Å². The zero-order valence-corrected chi connectivity index (χ0v) is 29.2. The number of hydrogen-bond acceptors (Lipinski definition) is 8. The van der Waals surface area contributed by atoms with Crippen molar-refractivity contribution in [1.29, 1.82) is 0 Å². The van der Waals surface area contributed by atoms with Crippen LogP contribution in [0.25, 0.3) is 11.3 Å². The Bertz CT molecular complexity index is 1630. The summed E-state index contributed by atoms with van der Waals surface area (Å²) >= 11 is 0. The van der Waals surface area contributed by atoms with Crippen molar-refractivity contribution in [2.75, 3.05) is 38.3 Å². The van der Waals surface area contributed by atoms with Gasteiger partial charge in [0.1, 0.15) is 29.6 Å². The summed E-state index contributed by atoms with van der Waals surface area (Å²) in [4.78, 5) is 40.2. The van der Waals surface area contributed by atoms with E-state index in [0.29, 0.717) is 63.4 Å². The summed E-state index contributed by atoms with van der Waals surface area (Å²) in [5.74, 6) is 2.37. The zero-order valence-electron chi connectivity index (χ0n) is 29.2. The number of nitrogens with zero attached hydrogens (tertiary/aromatic N) is 4. The molecule has 4 saturated carbocycles. The van der Waals surface area contributed by atoms with Crippen LogP contribution in [0.15, 0.2) is 47.2 Å². The van der Waals surface area contributed by atoms with Crippen molar-refractivity contribution >= 4 is 17.8 Å². The monoisotopic (exact) mass is 670 g/mol. The number of aliphatic hydroxyl groups is 1. The number of aliphatic hydroxyl groups excluding tert-OH is 1. The largest absolute Gasteiger partial charge is 0.496 e. The number of pyridine rings is 1. The lowest BCUT2D eigenvalue weighted by atomic mass is 9.51. The van der Waals surface area contributed by atoms with Crippen LogP contribution in [-0.4, -0.2) is 71.4 Å². The minimum atomic E-state index is -0.309. The predicted molar refractivity (Wildman–Crippen MR) is 185 cm³/mol. The number of ether oxygens (including phenoxy) is 2. The molecule has 0 unspecified atom stereocenters. The maximum atomic E-state index is 14.6. The molecule has 1 aliphatic heterocycles. The normalized spacial score (nSPS) is 26.7. The molecule has 10 heteroatoms. The molecule has 2 aromatic heterocycles. The van der Waals surface area contributed by atoms with E-state index in [2.05, 4.69) is 30.1 Å². The lowest BCUT2D eigenvalue weighted by Gasteiger charge is -2.55. The van der Waals surface area contributed by atoms with Crippen LogP contribution < -0.4 is 9.64 Å². The molecule has 1 N–H and O–H groups in total. The summed E-state index contributed by atoms with van der Waals surface area (Å²) in [6, 6.07) is 10.6. The van der Waals surface area contributed by atoms with Crippen LogP contribution in [0, 0.1) is 24.2 Å². The van der Waals surface area contributed by atoms with Gasteiger partial charge < -0.3 is 23.9 Å². The number of carbonyl (C=O) groups is 2. The molecular weight excluding hydrogens is 620 g/mol. The van der Waals surface area contributed by atoms with Crippen molar-refractivity contribution in [2.24, 2.45) is 17.3 Å². The molecule has 5 aliphatic rings. The van der Waals surface area contributed by atoms with E-state index in [-0.39, 0.29) is 47.4 Å². The summed E-state index contributed by atoms with van der Waals surface area (Å²) in [6.07, 6.45) is 12.9. The molecule has 10 nitrogen and oxygen atoms in total. The second-order valence-electron chi connectivity index (χ2n) is 15.1. The number of likely N-dealkylation sites (tertiary alicyclic amines) is 1. The number of oxazole rings is 1. The number of anilines is 1. The van der Waals surface area contributed by atoms with Gasteiger partial charge in [0, 0.05) is 56.3 Å². The van der Waals surface area contributed by atoms with Gasteiger partial charge in [0.25, 0.3) is 0 Å². The molecule has 2 amide bonds. The van der Waals surface area contributed by atoms with Crippen LogP contribution >= 0.6 is 0 Å². The molecule has 1 saturated heterocycles. The number of fused-ring (bicyclic) bond motifs is 3. The summed E-state index contributed by atoms with van der Waals surface area (Å²) in [6.45, 7) is 5.96. The second kappa shape index (κ2) is 13.8. The van der Waals surface area contributed by atoms with Gasteiger partial charge in [0.05, 0.1) is 7.11 Å². The van der Waals surface area contributed by atoms with Crippen molar-refractivity contribution in [3.8, 4) is 17.0 Å². The highest BCUT2D eigenvalue weighted by Gasteiger charge is 2.51. The Balaban J connectivity index is 1.08. The van der Waals surface area contributed by atoms with Crippen molar-refractivity contribution in [3.63, 3.8) is 0 Å². The van der Waals surface area contributed by atoms with Crippen molar-refractivity contribution < 1.29 is 28.6 Å². The third-order valence-corrected chi connectivity index (χ3v) is 12.1. The Morgan fingerprint density at radius 3 is 2.41 bits per heavy atom. The number of carbonyl (C=O) groups excluding carboxylic acids is 2. The minimum absolute atomic E-state index is 0.0380. The minimum Gasteiger partial charge on any atom is -0.496 e. The maximum Gasteiger partial charge on any atom is 0.410 e. The van der Waals surface area contributed by atoms with E-state index in [1.54, 1.807) is 24.5 Å². The second-order valence-corrected chi connectivity index (χ2v) is 15.1. The SMILES string of the molecule is CCc1nc(-c2ccnc(N(CC34CCC(c5ccc(OC)c(C)c5)(CC3)CC4)C(=O)C3CCC(OC(=O)N4CC(CO)C4)CC3)c2)co1. The summed E-state index contributed by atoms with van der Waals surface area (Å²) in [5, 5.41) is 9.29. The fraction of sp³-hybridized carbons (Fsp3) is 0.590. The third kappa shape index (κ3) is 6.68. The molecule has 49 heavy (non-hydrogen) atoms. The third-order valence-electron chi connectivity index (χ3n) is 12.1. The fourth-order valence-electron chi connectivity index (χ4n) is 8.78. The fourth-order valence-corrected chi connectivity index (χ4v) is 8.78. The molecule has 8 rings (SSSR count). The first-order valence-corrected chi connectivity index (χ1v) is 18.2. The summed E-state index contributed by atoms with van der Waals surface area (Å²) < 4.78 is 17.0. The Hall–Kier alpha value is -3.92. The predicted octanol–water partition coefficient (Wildman–Crippen LogP) is 6.86. The van der Waals surface area contributed by atoms with Gasteiger partial charge in [-0.15, -0.1) is 0 Å². The lowest BCUT2D eigenvalue weighted by Crippen LogP contribution is -2.52. The number of amides is 2.